The van der Waals surface area contributed by atoms with E-state index in [1.165, 1.54) is 12.1 Å². The van der Waals surface area contributed by atoms with Gasteiger partial charge in [0.2, 0.25) is 5.78 Å². The first kappa shape index (κ1) is 11.8. The molecule has 0 unspecified atom stereocenters. The molecule has 3 aromatic rings. The van der Waals surface area contributed by atoms with Crippen molar-refractivity contribution in [3.05, 3.63) is 65.5 Å². The molecule has 1 aliphatic rings. The van der Waals surface area contributed by atoms with E-state index < -0.39 is 0 Å². The van der Waals surface area contributed by atoms with Gasteiger partial charge in [-0.05, 0) is 24.3 Å². The number of ketones is 1. The molecular weight excluding hydrogens is 266 g/mol. The summed E-state index contributed by atoms with van der Waals surface area (Å²) < 4.78 is 5.56. The molecule has 102 valence electrons. The highest BCUT2D eigenvalue weighted by Gasteiger charge is 2.27. The molecule has 4 nitrogen and oxygen atoms in total. The van der Waals surface area contributed by atoms with Crippen LogP contribution in [-0.2, 0) is 0 Å². The molecule has 4 rings (SSSR count). The van der Waals surface area contributed by atoms with Crippen LogP contribution < -0.4 is 4.74 Å². The van der Waals surface area contributed by atoms with E-state index in [9.17, 15) is 9.90 Å². The maximum absolute atomic E-state index is 12.3. The predicted octanol–water partition coefficient (Wildman–Crippen LogP) is 3.49. The Morgan fingerprint density at radius 2 is 2.00 bits per heavy atom. The van der Waals surface area contributed by atoms with E-state index in [1.54, 1.807) is 12.1 Å². The van der Waals surface area contributed by atoms with Gasteiger partial charge in [-0.2, -0.15) is 0 Å². The van der Waals surface area contributed by atoms with Gasteiger partial charge in [0, 0.05) is 28.7 Å². The molecule has 4 heteroatoms. The Kier molecular flexibility index (Phi) is 2.38. The first-order chi connectivity index (χ1) is 10.2. The molecule has 0 radical (unpaired) electrons. The van der Waals surface area contributed by atoms with Gasteiger partial charge < -0.3 is 14.8 Å². The number of phenolic OH excluding ortho intramolecular Hbond substituents is 1. The zero-order valence-corrected chi connectivity index (χ0v) is 11.0. The van der Waals surface area contributed by atoms with Crippen molar-refractivity contribution in [2.45, 2.75) is 0 Å². The molecule has 2 heterocycles. The number of aromatic nitrogens is 1. The summed E-state index contributed by atoms with van der Waals surface area (Å²) in [7, 11) is 0. The van der Waals surface area contributed by atoms with E-state index in [0.29, 0.717) is 11.3 Å². The van der Waals surface area contributed by atoms with Crippen LogP contribution in [0.15, 0.2) is 54.4 Å². The van der Waals surface area contributed by atoms with Gasteiger partial charge in [0.25, 0.3) is 0 Å². The average molecular weight is 277 g/mol. The molecule has 0 amide bonds. The molecule has 0 atom stereocenters. The maximum atomic E-state index is 12.3. The molecule has 0 aliphatic carbocycles. The number of hydrogen-bond donors (Lipinski definition) is 2. The summed E-state index contributed by atoms with van der Waals surface area (Å²) in [6.07, 6.45) is 3.56. The highest BCUT2D eigenvalue weighted by atomic mass is 16.5. The standard InChI is InChI=1S/C17H11NO3/c19-11-5-6-13-15(8-11)21-16(17(13)20)7-10-9-18-14-4-2-1-3-12(10)14/h1-9,18-19H. The maximum Gasteiger partial charge on any atom is 0.231 e. The van der Waals surface area contributed by atoms with Crippen LogP contribution in [0.3, 0.4) is 0 Å². The number of Topliss-reactive ketones (excluding diaryl/α,β-unsaturated/α-hetero) is 1. The van der Waals surface area contributed by atoms with Crippen molar-refractivity contribution in [2.75, 3.05) is 0 Å². The van der Waals surface area contributed by atoms with Crippen LogP contribution in [0.25, 0.3) is 17.0 Å². The molecule has 21 heavy (non-hydrogen) atoms. The monoisotopic (exact) mass is 277 g/mol. The number of rotatable bonds is 1. The summed E-state index contributed by atoms with van der Waals surface area (Å²) >= 11 is 0. The number of phenols is 1. The molecule has 0 saturated heterocycles. The van der Waals surface area contributed by atoms with Crippen molar-refractivity contribution >= 4 is 22.8 Å². The summed E-state index contributed by atoms with van der Waals surface area (Å²) in [5.74, 6) is 0.566. The summed E-state index contributed by atoms with van der Waals surface area (Å²) in [5.41, 5.74) is 2.37. The van der Waals surface area contributed by atoms with E-state index in [0.717, 1.165) is 16.5 Å². The minimum Gasteiger partial charge on any atom is -0.508 e. The van der Waals surface area contributed by atoms with Gasteiger partial charge in [0.05, 0.1) is 5.56 Å². The molecule has 2 N–H and O–H groups in total. The number of carbonyl (C=O) groups excluding carboxylic acids is 1. The lowest BCUT2D eigenvalue weighted by Crippen LogP contribution is -1.97. The highest BCUT2D eigenvalue weighted by molar-refractivity contribution is 6.15. The van der Waals surface area contributed by atoms with Crippen molar-refractivity contribution < 1.29 is 14.6 Å². The van der Waals surface area contributed by atoms with Crippen LogP contribution in [0, 0.1) is 0 Å². The number of para-hydroxylation sites is 1. The quantitative estimate of drug-likeness (QED) is 0.669. The zero-order valence-electron chi connectivity index (χ0n) is 11.0. The number of aromatic hydroxyl groups is 1. The summed E-state index contributed by atoms with van der Waals surface area (Å²) in [4.78, 5) is 15.4. The van der Waals surface area contributed by atoms with Crippen molar-refractivity contribution in [1.29, 1.82) is 0 Å². The number of allylic oxidation sites excluding steroid dienone is 1. The normalized spacial score (nSPS) is 15.4. The van der Waals surface area contributed by atoms with Crippen LogP contribution in [0.4, 0.5) is 0 Å². The lowest BCUT2D eigenvalue weighted by molar-refractivity contribution is 0.101. The van der Waals surface area contributed by atoms with Gasteiger partial charge >= 0.3 is 0 Å². The highest BCUT2D eigenvalue weighted by Crippen LogP contribution is 2.35. The van der Waals surface area contributed by atoms with E-state index in [2.05, 4.69) is 4.98 Å². The van der Waals surface area contributed by atoms with Gasteiger partial charge in [0.1, 0.15) is 11.5 Å². The van der Waals surface area contributed by atoms with Gasteiger partial charge in [-0.25, -0.2) is 0 Å². The number of hydrogen-bond acceptors (Lipinski definition) is 3. The first-order valence-electron chi connectivity index (χ1n) is 6.56. The largest absolute Gasteiger partial charge is 0.508 e. The smallest absolute Gasteiger partial charge is 0.231 e. The Labute approximate surface area is 120 Å². The van der Waals surface area contributed by atoms with Crippen molar-refractivity contribution in [3.63, 3.8) is 0 Å². The Morgan fingerprint density at radius 3 is 2.90 bits per heavy atom. The predicted molar refractivity (Wildman–Crippen MR) is 79.3 cm³/mol. The van der Waals surface area contributed by atoms with E-state index in [-0.39, 0.29) is 17.3 Å². The SMILES string of the molecule is O=C1C(=Cc2c[nH]c3ccccc23)Oc2cc(O)ccc21. The summed E-state index contributed by atoms with van der Waals surface area (Å²) in [6, 6.07) is 12.4. The lowest BCUT2D eigenvalue weighted by Gasteiger charge is -1.98. The Bertz CT molecular complexity index is 905. The third kappa shape index (κ3) is 1.80. The number of carbonyl (C=O) groups is 1. The van der Waals surface area contributed by atoms with Gasteiger partial charge in [-0.1, -0.05) is 18.2 Å². The number of ether oxygens (including phenoxy) is 1. The minimum atomic E-state index is -0.171. The number of benzene rings is 2. The van der Waals surface area contributed by atoms with E-state index >= 15 is 0 Å². The Balaban J connectivity index is 1.80. The average Bonchev–Trinajstić information content (AvgIpc) is 3.02. The number of fused-ring (bicyclic) bond motifs is 2. The molecule has 0 bridgehead atoms. The second-order valence-electron chi connectivity index (χ2n) is 4.91. The van der Waals surface area contributed by atoms with Crippen molar-refractivity contribution in [1.82, 2.24) is 4.98 Å². The molecule has 0 fully saturated rings. The Hall–Kier alpha value is -3.01. The molecule has 0 spiro atoms. The van der Waals surface area contributed by atoms with Crippen molar-refractivity contribution in [2.24, 2.45) is 0 Å². The summed E-state index contributed by atoms with van der Waals surface area (Å²) in [5, 5.41) is 10.5. The van der Waals surface area contributed by atoms with Gasteiger partial charge in [-0.3, -0.25) is 4.79 Å². The topological polar surface area (TPSA) is 62.3 Å². The third-order valence-electron chi connectivity index (χ3n) is 3.56. The van der Waals surface area contributed by atoms with Crippen LogP contribution in [0.2, 0.25) is 0 Å². The van der Waals surface area contributed by atoms with Crippen LogP contribution >= 0.6 is 0 Å². The second kappa shape index (κ2) is 4.24. The molecule has 0 saturated carbocycles. The van der Waals surface area contributed by atoms with Gasteiger partial charge in [-0.15, -0.1) is 0 Å². The minimum absolute atomic E-state index is 0.0786. The van der Waals surface area contributed by atoms with E-state index in [1.807, 2.05) is 30.5 Å². The fourth-order valence-electron chi connectivity index (χ4n) is 2.53. The van der Waals surface area contributed by atoms with Gasteiger partial charge in [0.15, 0.2) is 5.76 Å². The van der Waals surface area contributed by atoms with Crippen LogP contribution in [-0.4, -0.2) is 15.9 Å². The second-order valence-corrected chi connectivity index (χ2v) is 4.91. The Morgan fingerprint density at radius 1 is 1.14 bits per heavy atom. The zero-order chi connectivity index (χ0) is 14.4. The lowest BCUT2D eigenvalue weighted by atomic mass is 10.1. The fraction of sp³-hybridized carbons (Fsp3) is 0. The number of nitrogens with one attached hydrogen (secondary N) is 1. The third-order valence-corrected chi connectivity index (χ3v) is 3.56. The number of aromatic amines is 1. The van der Waals surface area contributed by atoms with Crippen LogP contribution in [0.1, 0.15) is 15.9 Å². The van der Waals surface area contributed by atoms with Crippen LogP contribution in [0.5, 0.6) is 11.5 Å². The van der Waals surface area contributed by atoms with Crippen molar-refractivity contribution in [3.8, 4) is 11.5 Å². The molecule has 1 aromatic heterocycles. The molecule has 2 aromatic carbocycles. The number of H-pyrrole nitrogens is 1. The first-order valence-corrected chi connectivity index (χ1v) is 6.56. The molecular formula is C17H11NO3. The molecule has 1 aliphatic heterocycles. The summed E-state index contributed by atoms with van der Waals surface area (Å²) in [6.45, 7) is 0. The van der Waals surface area contributed by atoms with E-state index in [4.69, 9.17) is 4.74 Å². The fourth-order valence-corrected chi connectivity index (χ4v) is 2.53.